The molecule has 0 spiro atoms. The zero-order valence-electron chi connectivity index (χ0n) is 10.8. The number of hydrogen-bond donors (Lipinski definition) is 1. The van der Waals surface area contributed by atoms with E-state index >= 15 is 0 Å². The Morgan fingerprint density at radius 3 is 2.58 bits per heavy atom. The second-order valence-corrected chi connectivity index (χ2v) is 5.76. The Morgan fingerprint density at radius 2 is 2.00 bits per heavy atom. The molecule has 3 nitrogen and oxygen atoms in total. The van der Waals surface area contributed by atoms with Gasteiger partial charge < -0.3 is 10.1 Å². The van der Waals surface area contributed by atoms with E-state index in [4.69, 9.17) is 27.9 Å². The average molecular weight is 302 g/mol. The minimum atomic E-state index is -0.447. The molecule has 1 fully saturated rings. The molecule has 2 rings (SSSR count). The number of rotatable bonds is 3. The number of benzene rings is 1. The van der Waals surface area contributed by atoms with Gasteiger partial charge >= 0.3 is 5.97 Å². The van der Waals surface area contributed by atoms with Crippen LogP contribution in [0.1, 0.15) is 18.4 Å². The van der Waals surface area contributed by atoms with E-state index in [-0.39, 0.29) is 5.97 Å². The average Bonchev–Trinajstić information content (AvgIpc) is 2.43. The van der Waals surface area contributed by atoms with Crippen LogP contribution in [-0.2, 0) is 16.0 Å². The molecule has 1 aliphatic heterocycles. The predicted octanol–water partition coefficient (Wildman–Crippen LogP) is 3.08. The maximum absolute atomic E-state index is 12.1. The highest BCUT2D eigenvalue weighted by Crippen LogP contribution is 2.35. The molecule has 1 aliphatic rings. The van der Waals surface area contributed by atoms with Crippen LogP contribution in [0.5, 0.6) is 0 Å². The van der Waals surface area contributed by atoms with Crippen molar-refractivity contribution in [2.75, 3.05) is 20.2 Å². The molecule has 0 atom stereocenters. The van der Waals surface area contributed by atoms with E-state index in [9.17, 15) is 4.79 Å². The van der Waals surface area contributed by atoms with Crippen molar-refractivity contribution in [3.8, 4) is 0 Å². The Bertz CT molecular complexity index is 471. The smallest absolute Gasteiger partial charge is 0.312 e. The number of esters is 1. The second-order valence-electron chi connectivity index (χ2n) is 4.95. The van der Waals surface area contributed by atoms with E-state index in [1.807, 2.05) is 12.1 Å². The zero-order chi connectivity index (χ0) is 13.9. The Morgan fingerprint density at radius 1 is 1.32 bits per heavy atom. The highest BCUT2D eigenvalue weighted by molar-refractivity contribution is 6.42. The molecule has 1 heterocycles. The molecule has 0 saturated carbocycles. The molecule has 1 N–H and O–H groups in total. The lowest BCUT2D eigenvalue weighted by Gasteiger charge is -2.35. The number of piperidine rings is 1. The van der Waals surface area contributed by atoms with Crippen LogP contribution in [0.15, 0.2) is 18.2 Å². The molecular weight excluding hydrogens is 285 g/mol. The summed E-state index contributed by atoms with van der Waals surface area (Å²) in [6.45, 7) is 1.66. The molecule has 5 heteroatoms. The first-order valence-electron chi connectivity index (χ1n) is 6.30. The van der Waals surface area contributed by atoms with Crippen LogP contribution < -0.4 is 5.32 Å². The fraction of sp³-hybridized carbons (Fsp3) is 0.500. The lowest BCUT2D eigenvalue weighted by Crippen LogP contribution is -2.44. The standard InChI is InChI=1S/C14H17Cl2NO2/c1-19-13(18)14(4-6-17-7-5-14)9-10-2-3-11(15)12(16)8-10/h2-3,8,17H,4-7,9H2,1H3. The van der Waals surface area contributed by atoms with Gasteiger partial charge in [0.1, 0.15) is 0 Å². The van der Waals surface area contributed by atoms with Crippen LogP contribution in [0.4, 0.5) is 0 Å². The molecule has 1 aromatic rings. The van der Waals surface area contributed by atoms with Crippen LogP contribution in [0.3, 0.4) is 0 Å². The van der Waals surface area contributed by atoms with E-state index in [0.717, 1.165) is 31.5 Å². The first-order chi connectivity index (χ1) is 9.07. The summed E-state index contributed by atoms with van der Waals surface area (Å²) in [4.78, 5) is 12.1. The fourth-order valence-electron chi connectivity index (χ4n) is 2.62. The van der Waals surface area contributed by atoms with Gasteiger partial charge in [-0.3, -0.25) is 4.79 Å². The van der Waals surface area contributed by atoms with Crippen LogP contribution in [0.25, 0.3) is 0 Å². The van der Waals surface area contributed by atoms with E-state index in [2.05, 4.69) is 5.32 Å². The lowest BCUT2D eigenvalue weighted by atomic mass is 9.74. The number of methoxy groups -OCH3 is 1. The van der Waals surface area contributed by atoms with Crippen molar-refractivity contribution < 1.29 is 9.53 Å². The van der Waals surface area contributed by atoms with Gasteiger partial charge in [0.05, 0.1) is 22.6 Å². The monoisotopic (exact) mass is 301 g/mol. The Labute approximate surface area is 123 Å². The third-order valence-corrected chi connectivity index (χ3v) is 4.44. The fourth-order valence-corrected chi connectivity index (χ4v) is 2.94. The molecule has 0 aliphatic carbocycles. The molecule has 0 aromatic heterocycles. The summed E-state index contributed by atoms with van der Waals surface area (Å²) in [5, 5.41) is 4.32. The minimum absolute atomic E-state index is 0.139. The first kappa shape index (κ1) is 14.6. The van der Waals surface area contributed by atoms with Gasteiger partial charge in [-0.15, -0.1) is 0 Å². The van der Waals surface area contributed by atoms with E-state index in [0.29, 0.717) is 16.5 Å². The van der Waals surface area contributed by atoms with Gasteiger partial charge in [0.15, 0.2) is 0 Å². The number of carbonyl (C=O) groups is 1. The van der Waals surface area contributed by atoms with Crippen molar-refractivity contribution in [2.24, 2.45) is 5.41 Å². The summed E-state index contributed by atoms with van der Waals surface area (Å²) in [6, 6.07) is 5.52. The largest absolute Gasteiger partial charge is 0.469 e. The molecule has 0 unspecified atom stereocenters. The van der Waals surface area contributed by atoms with E-state index in [1.165, 1.54) is 7.11 Å². The van der Waals surface area contributed by atoms with Crippen molar-refractivity contribution >= 4 is 29.2 Å². The number of carbonyl (C=O) groups excluding carboxylic acids is 1. The predicted molar refractivity (Wildman–Crippen MR) is 76.7 cm³/mol. The maximum Gasteiger partial charge on any atom is 0.312 e. The van der Waals surface area contributed by atoms with Crippen molar-refractivity contribution in [1.29, 1.82) is 0 Å². The summed E-state index contributed by atoms with van der Waals surface area (Å²) in [5.41, 5.74) is 0.568. The Kier molecular flexibility index (Phi) is 4.71. The summed E-state index contributed by atoms with van der Waals surface area (Å²) in [7, 11) is 1.45. The molecule has 0 bridgehead atoms. The normalized spacial score (nSPS) is 18.1. The number of hydrogen-bond acceptors (Lipinski definition) is 3. The van der Waals surface area contributed by atoms with Crippen LogP contribution in [0, 0.1) is 5.41 Å². The van der Waals surface area contributed by atoms with Crippen LogP contribution >= 0.6 is 23.2 Å². The molecule has 1 saturated heterocycles. The van der Waals surface area contributed by atoms with E-state index in [1.54, 1.807) is 6.07 Å². The Balaban J connectivity index is 2.24. The van der Waals surface area contributed by atoms with Gasteiger partial charge in [-0.05, 0) is 50.0 Å². The van der Waals surface area contributed by atoms with Gasteiger partial charge in [0, 0.05) is 0 Å². The van der Waals surface area contributed by atoms with Gasteiger partial charge in [0.2, 0.25) is 0 Å². The summed E-state index contributed by atoms with van der Waals surface area (Å²) < 4.78 is 4.99. The van der Waals surface area contributed by atoms with Crippen LogP contribution in [-0.4, -0.2) is 26.2 Å². The highest BCUT2D eigenvalue weighted by atomic mass is 35.5. The third kappa shape index (κ3) is 3.22. The first-order valence-corrected chi connectivity index (χ1v) is 7.06. The summed E-state index contributed by atoms with van der Waals surface area (Å²) >= 11 is 11.9. The Hall–Kier alpha value is -0.770. The lowest BCUT2D eigenvalue weighted by molar-refractivity contribution is -0.154. The number of ether oxygens (including phenoxy) is 1. The van der Waals surface area contributed by atoms with Gasteiger partial charge in [-0.25, -0.2) is 0 Å². The number of nitrogens with one attached hydrogen (secondary N) is 1. The molecule has 1 aromatic carbocycles. The molecule has 19 heavy (non-hydrogen) atoms. The van der Waals surface area contributed by atoms with Crippen molar-refractivity contribution in [3.05, 3.63) is 33.8 Å². The molecule has 0 radical (unpaired) electrons. The molecular formula is C14H17Cl2NO2. The molecule has 104 valence electrons. The third-order valence-electron chi connectivity index (χ3n) is 3.71. The maximum atomic E-state index is 12.1. The van der Waals surface area contributed by atoms with Crippen LogP contribution in [0.2, 0.25) is 10.0 Å². The van der Waals surface area contributed by atoms with Gasteiger partial charge in [-0.1, -0.05) is 29.3 Å². The van der Waals surface area contributed by atoms with Crippen molar-refractivity contribution in [1.82, 2.24) is 5.32 Å². The summed E-state index contributed by atoms with van der Waals surface area (Å²) in [5.74, 6) is -0.139. The zero-order valence-corrected chi connectivity index (χ0v) is 12.4. The van der Waals surface area contributed by atoms with Gasteiger partial charge in [0.25, 0.3) is 0 Å². The van der Waals surface area contributed by atoms with Crippen molar-refractivity contribution in [2.45, 2.75) is 19.3 Å². The highest BCUT2D eigenvalue weighted by Gasteiger charge is 2.40. The minimum Gasteiger partial charge on any atom is -0.469 e. The topological polar surface area (TPSA) is 38.3 Å². The van der Waals surface area contributed by atoms with E-state index < -0.39 is 5.41 Å². The molecule has 0 amide bonds. The van der Waals surface area contributed by atoms with Crippen molar-refractivity contribution in [3.63, 3.8) is 0 Å². The SMILES string of the molecule is COC(=O)C1(Cc2ccc(Cl)c(Cl)c2)CCNCC1. The number of halogens is 2. The van der Waals surface area contributed by atoms with Gasteiger partial charge in [-0.2, -0.15) is 0 Å². The summed E-state index contributed by atoms with van der Waals surface area (Å²) in [6.07, 6.45) is 2.19. The quantitative estimate of drug-likeness (QED) is 0.872. The second kappa shape index (κ2) is 6.12.